The Bertz CT molecular complexity index is 543. The van der Waals surface area contributed by atoms with Crippen LogP contribution in [0.3, 0.4) is 0 Å². The predicted molar refractivity (Wildman–Crippen MR) is 70.1 cm³/mol. The van der Waals surface area contributed by atoms with Gasteiger partial charge in [-0.25, -0.2) is 4.98 Å². The fraction of sp³-hybridized carbons (Fsp3) is 0.357. The maximum absolute atomic E-state index is 5.71. The van der Waals surface area contributed by atoms with Crippen LogP contribution < -0.4 is 4.74 Å². The standard InChI is InChI=1S/C14H17N3O/c1-10-7-15-14(16-10)18-13-5-3-4-11(6-13)12-8-17(2)9-12/h3-7,12H,8-9H2,1-2H3,(H,15,16). The third-order valence-electron chi connectivity index (χ3n) is 3.29. The number of imidazole rings is 1. The number of nitrogens with zero attached hydrogens (tertiary/aromatic N) is 2. The first-order chi connectivity index (χ1) is 8.70. The highest BCUT2D eigenvalue weighted by Gasteiger charge is 2.24. The Hall–Kier alpha value is -1.81. The lowest BCUT2D eigenvalue weighted by Gasteiger charge is -2.36. The molecule has 2 aromatic rings. The third kappa shape index (κ3) is 2.24. The first-order valence-electron chi connectivity index (χ1n) is 6.18. The Balaban J connectivity index is 1.74. The van der Waals surface area contributed by atoms with Crippen LogP contribution in [-0.2, 0) is 0 Å². The van der Waals surface area contributed by atoms with Crippen LogP contribution in [0.1, 0.15) is 17.2 Å². The summed E-state index contributed by atoms with van der Waals surface area (Å²) in [5.41, 5.74) is 2.34. The average molecular weight is 243 g/mol. The molecule has 0 spiro atoms. The lowest BCUT2D eigenvalue weighted by atomic mass is 9.92. The normalized spacial score (nSPS) is 16.6. The van der Waals surface area contributed by atoms with Crippen molar-refractivity contribution in [2.45, 2.75) is 12.8 Å². The van der Waals surface area contributed by atoms with Gasteiger partial charge in [-0.2, -0.15) is 0 Å². The molecule has 4 nitrogen and oxygen atoms in total. The van der Waals surface area contributed by atoms with Gasteiger partial charge in [0.05, 0.1) is 6.20 Å². The number of benzene rings is 1. The van der Waals surface area contributed by atoms with Gasteiger partial charge in [0.2, 0.25) is 0 Å². The van der Waals surface area contributed by atoms with Crippen LogP contribution in [0.25, 0.3) is 0 Å². The van der Waals surface area contributed by atoms with Crippen LogP contribution in [0.2, 0.25) is 0 Å². The van der Waals surface area contributed by atoms with E-state index in [0.717, 1.165) is 24.5 Å². The quantitative estimate of drug-likeness (QED) is 0.900. The third-order valence-corrected chi connectivity index (χ3v) is 3.29. The van der Waals surface area contributed by atoms with Crippen LogP contribution in [-0.4, -0.2) is 35.0 Å². The number of nitrogens with one attached hydrogen (secondary N) is 1. The summed E-state index contributed by atoms with van der Waals surface area (Å²) in [6.07, 6.45) is 1.76. The lowest BCUT2D eigenvalue weighted by Crippen LogP contribution is -2.41. The molecule has 0 bridgehead atoms. The summed E-state index contributed by atoms with van der Waals surface area (Å²) in [6.45, 7) is 4.22. The number of aromatic nitrogens is 2. The van der Waals surface area contributed by atoms with Crippen molar-refractivity contribution >= 4 is 0 Å². The molecule has 0 radical (unpaired) electrons. The molecule has 1 aliphatic rings. The van der Waals surface area contributed by atoms with E-state index in [-0.39, 0.29) is 0 Å². The monoisotopic (exact) mass is 243 g/mol. The molecule has 1 aromatic carbocycles. The molecule has 1 aromatic heterocycles. The minimum Gasteiger partial charge on any atom is -0.426 e. The van der Waals surface area contributed by atoms with Crippen molar-refractivity contribution in [3.8, 4) is 11.8 Å². The summed E-state index contributed by atoms with van der Waals surface area (Å²) in [5.74, 6) is 1.48. The number of likely N-dealkylation sites (tertiary alicyclic amines) is 1. The second kappa shape index (κ2) is 4.46. The van der Waals surface area contributed by atoms with Crippen LogP contribution in [0, 0.1) is 6.92 Å². The van der Waals surface area contributed by atoms with Gasteiger partial charge in [0.1, 0.15) is 5.75 Å². The zero-order chi connectivity index (χ0) is 12.5. The molecule has 3 rings (SSSR count). The number of likely N-dealkylation sites (N-methyl/N-ethyl adjacent to an activating group) is 1. The molecule has 0 atom stereocenters. The SMILES string of the molecule is Cc1cnc(Oc2cccc(C3CN(C)C3)c2)[nH]1. The largest absolute Gasteiger partial charge is 0.426 e. The molecule has 0 aliphatic carbocycles. The van der Waals surface area contributed by atoms with E-state index in [1.807, 2.05) is 19.1 Å². The number of hydrogen-bond donors (Lipinski definition) is 1. The van der Waals surface area contributed by atoms with Crippen LogP contribution in [0.15, 0.2) is 30.5 Å². The molecule has 0 amide bonds. The molecule has 0 unspecified atom stereocenters. The van der Waals surface area contributed by atoms with Gasteiger partial charge in [0, 0.05) is 24.7 Å². The molecule has 0 saturated carbocycles. The fourth-order valence-corrected chi connectivity index (χ4v) is 2.29. The van der Waals surface area contributed by atoms with Gasteiger partial charge >= 0.3 is 0 Å². The molecule has 1 aliphatic heterocycles. The van der Waals surface area contributed by atoms with E-state index < -0.39 is 0 Å². The van der Waals surface area contributed by atoms with Gasteiger partial charge in [0.25, 0.3) is 6.01 Å². The second-order valence-electron chi connectivity index (χ2n) is 4.96. The van der Waals surface area contributed by atoms with E-state index in [0.29, 0.717) is 11.9 Å². The number of H-pyrrole nitrogens is 1. The van der Waals surface area contributed by atoms with Crippen LogP contribution in [0.5, 0.6) is 11.8 Å². The highest BCUT2D eigenvalue weighted by Crippen LogP contribution is 2.29. The van der Waals surface area contributed by atoms with Gasteiger partial charge < -0.3 is 14.6 Å². The molecule has 2 heterocycles. The Labute approximate surface area is 107 Å². The number of ether oxygens (including phenoxy) is 1. The van der Waals surface area contributed by atoms with Gasteiger partial charge in [-0.3, -0.25) is 0 Å². The van der Waals surface area contributed by atoms with E-state index in [2.05, 4.69) is 34.0 Å². The molecule has 1 saturated heterocycles. The Morgan fingerprint density at radius 1 is 1.39 bits per heavy atom. The smallest absolute Gasteiger partial charge is 0.299 e. The van der Waals surface area contributed by atoms with Crippen molar-refractivity contribution in [2.24, 2.45) is 0 Å². The zero-order valence-electron chi connectivity index (χ0n) is 10.7. The average Bonchev–Trinajstić information content (AvgIpc) is 2.71. The van der Waals surface area contributed by atoms with Gasteiger partial charge in [-0.1, -0.05) is 12.1 Å². The Morgan fingerprint density at radius 2 is 2.22 bits per heavy atom. The highest BCUT2D eigenvalue weighted by atomic mass is 16.5. The molecule has 4 heteroatoms. The summed E-state index contributed by atoms with van der Waals surface area (Å²) in [5, 5.41) is 0. The number of hydrogen-bond acceptors (Lipinski definition) is 3. The van der Waals surface area contributed by atoms with Crippen molar-refractivity contribution in [1.29, 1.82) is 0 Å². The summed E-state index contributed by atoms with van der Waals surface area (Å²) in [6, 6.07) is 8.83. The van der Waals surface area contributed by atoms with Crippen LogP contribution >= 0.6 is 0 Å². The first-order valence-corrected chi connectivity index (χ1v) is 6.18. The summed E-state index contributed by atoms with van der Waals surface area (Å²) in [4.78, 5) is 9.53. The van der Waals surface area contributed by atoms with E-state index in [1.54, 1.807) is 6.20 Å². The van der Waals surface area contributed by atoms with Crippen molar-refractivity contribution in [3.05, 3.63) is 41.7 Å². The summed E-state index contributed by atoms with van der Waals surface area (Å²) < 4.78 is 5.71. The van der Waals surface area contributed by atoms with E-state index in [1.165, 1.54) is 5.56 Å². The minimum atomic E-state index is 0.551. The maximum Gasteiger partial charge on any atom is 0.299 e. The maximum atomic E-state index is 5.71. The minimum absolute atomic E-state index is 0.551. The second-order valence-corrected chi connectivity index (χ2v) is 4.96. The van der Waals surface area contributed by atoms with Crippen molar-refractivity contribution in [3.63, 3.8) is 0 Å². The molecular formula is C14H17N3O. The topological polar surface area (TPSA) is 41.1 Å². The summed E-state index contributed by atoms with van der Waals surface area (Å²) >= 11 is 0. The van der Waals surface area contributed by atoms with Crippen molar-refractivity contribution in [2.75, 3.05) is 20.1 Å². The first kappa shape index (κ1) is 11.3. The highest BCUT2D eigenvalue weighted by molar-refractivity contribution is 5.34. The van der Waals surface area contributed by atoms with Crippen molar-refractivity contribution in [1.82, 2.24) is 14.9 Å². The van der Waals surface area contributed by atoms with Crippen molar-refractivity contribution < 1.29 is 4.74 Å². The van der Waals surface area contributed by atoms with Gasteiger partial charge in [0.15, 0.2) is 0 Å². The van der Waals surface area contributed by atoms with Gasteiger partial charge in [-0.05, 0) is 31.7 Å². The number of aryl methyl sites for hydroxylation is 1. The summed E-state index contributed by atoms with van der Waals surface area (Å²) in [7, 11) is 2.14. The zero-order valence-corrected chi connectivity index (χ0v) is 10.7. The molecular weight excluding hydrogens is 226 g/mol. The fourth-order valence-electron chi connectivity index (χ4n) is 2.29. The van der Waals surface area contributed by atoms with E-state index in [4.69, 9.17) is 4.74 Å². The predicted octanol–water partition coefficient (Wildman–Crippen LogP) is 2.54. The number of aromatic amines is 1. The Morgan fingerprint density at radius 3 is 2.89 bits per heavy atom. The van der Waals surface area contributed by atoms with E-state index in [9.17, 15) is 0 Å². The van der Waals surface area contributed by atoms with E-state index >= 15 is 0 Å². The number of rotatable bonds is 3. The lowest BCUT2D eigenvalue weighted by molar-refractivity contribution is 0.189. The molecule has 1 N–H and O–H groups in total. The molecule has 18 heavy (non-hydrogen) atoms. The molecule has 94 valence electrons. The Kier molecular flexibility index (Phi) is 2.80. The van der Waals surface area contributed by atoms with Crippen LogP contribution in [0.4, 0.5) is 0 Å². The van der Waals surface area contributed by atoms with Gasteiger partial charge in [-0.15, -0.1) is 0 Å². The molecule has 1 fully saturated rings.